The predicted octanol–water partition coefficient (Wildman–Crippen LogP) is 2.34. The molecular weight excluding hydrogens is 240 g/mol. The van der Waals surface area contributed by atoms with Crippen molar-refractivity contribution in [3.63, 3.8) is 0 Å². The molecule has 0 atom stereocenters. The van der Waals surface area contributed by atoms with Crippen LogP contribution >= 0.6 is 0 Å². The fraction of sp³-hybridized carbons (Fsp3) is 0.467. The Morgan fingerprint density at radius 3 is 2.53 bits per heavy atom. The van der Waals surface area contributed by atoms with Gasteiger partial charge in [-0.15, -0.1) is 0 Å². The van der Waals surface area contributed by atoms with E-state index in [0.717, 1.165) is 18.4 Å². The molecule has 1 saturated carbocycles. The molecule has 19 heavy (non-hydrogen) atoms. The number of aryl methyl sites for hydroxylation is 1. The lowest BCUT2D eigenvalue weighted by Gasteiger charge is -2.11. The van der Waals surface area contributed by atoms with Crippen molar-refractivity contribution in [1.82, 2.24) is 10.9 Å². The smallest absolute Gasteiger partial charge is 0.269 e. The van der Waals surface area contributed by atoms with E-state index in [1.807, 2.05) is 25.1 Å². The number of carbonyl (C=O) groups excluding carboxylic acids is 2. The summed E-state index contributed by atoms with van der Waals surface area (Å²) in [5, 5.41) is 0. The van der Waals surface area contributed by atoms with Crippen molar-refractivity contribution in [2.24, 2.45) is 5.92 Å². The summed E-state index contributed by atoms with van der Waals surface area (Å²) in [5.74, 6) is 0.113. The lowest BCUT2D eigenvalue weighted by Crippen LogP contribution is -2.42. The van der Waals surface area contributed by atoms with Gasteiger partial charge in [-0.3, -0.25) is 20.4 Å². The highest BCUT2D eigenvalue weighted by atomic mass is 16.2. The van der Waals surface area contributed by atoms with E-state index in [1.54, 1.807) is 6.07 Å². The summed E-state index contributed by atoms with van der Waals surface area (Å²) in [6.45, 7) is 1.87. The van der Waals surface area contributed by atoms with Crippen LogP contribution in [0.2, 0.25) is 0 Å². The van der Waals surface area contributed by atoms with Crippen LogP contribution in [0.5, 0.6) is 0 Å². The average Bonchev–Trinajstić information content (AvgIpc) is 2.89. The molecule has 0 unspecified atom stereocenters. The van der Waals surface area contributed by atoms with Gasteiger partial charge in [0.2, 0.25) is 5.91 Å². The van der Waals surface area contributed by atoms with E-state index in [0.29, 0.717) is 17.9 Å². The first kappa shape index (κ1) is 13.6. The first-order valence-corrected chi connectivity index (χ1v) is 6.81. The van der Waals surface area contributed by atoms with Gasteiger partial charge in [-0.2, -0.15) is 0 Å². The molecule has 2 amide bonds. The summed E-state index contributed by atoms with van der Waals surface area (Å²) in [5.41, 5.74) is 6.45. The molecule has 0 heterocycles. The summed E-state index contributed by atoms with van der Waals surface area (Å²) in [6, 6.07) is 7.30. The zero-order chi connectivity index (χ0) is 13.7. The van der Waals surface area contributed by atoms with Crippen LogP contribution < -0.4 is 10.9 Å². The Morgan fingerprint density at radius 2 is 1.84 bits per heavy atom. The quantitative estimate of drug-likeness (QED) is 0.819. The maximum atomic E-state index is 11.9. The van der Waals surface area contributed by atoms with Gasteiger partial charge in [-0.25, -0.2) is 0 Å². The van der Waals surface area contributed by atoms with E-state index in [-0.39, 0.29) is 11.8 Å². The van der Waals surface area contributed by atoms with Crippen molar-refractivity contribution in [2.45, 2.75) is 39.0 Å². The van der Waals surface area contributed by atoms with Gasteiger partial charge < -0.3 is 0 Å². The molecule has 4 nitrogen and oxygen atoms in total. The zero-order valence-electron chi connectivity index (χ0n) is 11.2. The topological polar surface area (TPSA) is 58.2 Å². The van der Waals surface area contributed by atoms with E-state index < -0.39 is 0 Å². The number of hydrogen-bond donors (Lipinski definition) is 2. The summed E-state index contributed by atoms with van der Waals surface area (Å²) < 4.78 is 0. The zero-order valence-corrected chi connectivity index (χ0v) is 11.2. The molecule has 2 rings (SSSR count). The largest absolute Gasteiger partial charge is 0.273 e. The third-order valence-electron chi connectivity index (χ3n) is 3.65. The van der Waals surface area contributed by atoms with Crippen LogP contribution in [0.3, 0.4) is 0 Å². The molecule has 102 valence electrons. The monoisotopic (exact) mass is 260 g/mol. The van der Waals surface area contributed by atoms with Crippen molar-refractivity contribution in [3.05, 3.63) is 35.4 Å². The number of amides is 2. The number of hydrazine groups is 1. The Bertz CT molecular complexity index is 465. The van der Waals surface area contributed by atoms with Gasteiger partial charge in [0.15, 0.2) is 0 Å². The molecule has 2 N–H and O–H groups in total. The Labute approximate surface area is 113 Å². The Balaban J connectivity index is 1.80. The second-order valence-corrected chi connectivity index (χ2v) is 5.17. The van der Waals surface area contributed by atoms with Gasteiger partial charge in [0.05, 0.1) is 0 Å². The second kappa shape index (κ2) is 6.36. The van der Waals surface area contributed by atoms with Crippen molar-refractivity contribution in [1.29, 1.82) is 0 Å². The SMILES string of the molecule is Cc1ccccc1C(=O)NNC(=O)CC1CCCC1. The summed E-state index contributed by atoms with van der Waals surface area (Å²) in [6.07, 6.45) is 5.19. The van der Waals surface area contributed by atoms with E-state index >= 15 is 0 Å². The molecule has 1 aromatic carbocycles. The molecule has 0 bridgehead atoms. The molecule has 0 saturated heterocycles. The second-order valence-electron chi connectivity index (χ2n) is 5.17. The van der Waals surface area contributed by atoms with Gasteiger partial charge in [-0.1, -0.05) is 31.0 Å². The highest BCUT2D eigenvalue weighted by Gasteiger charge is 2.18. The van der Waals surface area contributed by atoms with Crippen molar-refractivity contribution in [2.75, 3.05) is 0 Å². The van der Waals surface area contributed by atoms with Gasteiger partial charge in [0.25, 0.3) is 5.91 Å². The summed E-state index contributed by atoms with van der Waals surface area (Å²) >= 11 is 0. The van der Waals surface area contributed by atoms with Gasteiger partial charge in [0, 0.05) is 12.0 Å². The van der Waals surface area contributed by atoms with E-state index in [9.17, 15) is 9.59 Å². The lowest BCUT2D eigenvalue weighted by molar-refractivity contribution is -0.122. The fourth-order valence-electron chi connectivity index (χ4n) is 2.55. The summed E-state index contributed by atoms with van der Waals surface area (Å²) in [4.78, 5) is 23.6. The molecule has 0 aromatic heterocycles. The summed E-state index contributed by atoms with van der Waals surface area (Å²) in [7, 11) is 0. The number of benzene rings is 1. The third-order valence-corrected chi connectivity index (χ3v) is 3.65. The average molecular weight is 260 g/mol. The lowest BCUT2D eigenvalue weighted by atomic mass is 10.0. The standard InChI is InChI=1S/C15H20N2O2/c1-11-6-2-5-9-13(11)15(19)17-16-14(18)10-12-7-3-4-8-12/h2,5-6,9,12H,3-4,7-8,10H2,1H3,(H,16,18)(H,17,19). The maximum Gasteiger partial charge on any atom is 0.269 e. The minimum atomic E-state index is -0.266. The minimum absolute atomic E-state index is 0.103. The van der Waals surface area contributed by atoms with Crippen LogP contribution in [0.1, 0.15) is 48.0 Å². The molecule has 1 aliphatic carbocycles. The van der Waals surface area contributed by atoms with Gasteiger partial charge in [-0.05, 0) is 37.3 Å². The predicted molar refractivity (Wildman–Crippen MR) is 73.4 cm³/mol. The maximum absolute atomic E-state index is 11.9. The molecule has 1 aliphatic rings. The number of nitrogens with one attached hydrogen (secondary N) is 2. The molecule has 1 fully saturated rings. The Hall–Kier alpha value is -1.84. The molecule has 0 radical (unpaired) electrons. The minimum Gasteiger partial charge on any atom is -0.273 e. The Kier molecular flexibility index (Phi) is 4.55. The molecule has 4 heteroatoms. The Morgan fingerprint density at radius 1 is 1.16 bits per heavy atom. The molecular formula is C15H20N2O2. The first-order valence-electron chi connectivity index (χ1n) is 6.81. The van der Waals surface area contributed by atoms with Crippen LogP contribution in [0.4, 0.5) is 0 Å². The van der Waals surface area contributed by atoms with Crippen LogP contribution in [-0.4, -0.2) is 11.8 Å². The highest BCUT2D eigenvalue weighted by Crippen LogP contribution is 2.27. The fourth-order valence-corrected chi connectivity index (χ4v) is 2.55. The first-order chi connectivity index (χ1) is 9.16. The number of rotatable bonds is 3. The van der Waals surface area contributed by atoms with Crippen molar-refractivity contribution < 1.29 is 9.59 Å². The van der Waals surface area contributed by atoms with Crippen LogP contribution in [0.25, 0.3) is 0 Å². The van der Waals surface area contributed by atoms with E-state index in [4.69, 9.17) is 0 Å². The number of hydrogen-bond acceptors (Lipinski definition) is 2. The normalized spacial score (nSPS) is 15.2. The van der Waals surface area contributed by atoms with Crippen LogP contribution in [-0.2, 0) is 4.79 Å². The van der Waals surface area contributed by atoms with Gasteiger partial charge >= 0.3 is 0 Å². The van der Waals surface area contributed by atoms with Crippen LogP contribution in [0, 0.1) is 12.8 Å². The van der Waals surface area contributed by atoms with Crippen molar-refractivity contribution >= 4 is 11.8 Å². The molecule has 1 aromatic rings. The molecule has 0 aliphatic heterocycles. The van der Waals surface area contributed by atoms with Crippen LogP contribution in [0.15, 0.2) is 24.3 Å². The third kappa shape index (κ3) is 3.81. The number of carbonyl (C=O) groups is 2. The molecule has 0 spiro atoms. The van der Waals surface area contributed by atoms with Gasteiger partial charge in [0.1, 0.15) is 0 Å². The van der Waals surface area contributed by atoms with E-state index in [2.05, 4.69) is 10.9 Å². The van der Waals surface area contributed by atoms with Crippen molar-refractivity contribution in [3.8, 4) is 0 Å². The van der Waals surface area contributed by atoms with E-state index in [1.165, 1.54) is 12.8 Å². The highest BCUT2D eigenvalue weighted by molar-refractivity contribution is 5.96.